The minimum atomic E-state index is -0.864. The molecule has 1 aromatic heterocycles. The van der Waals surface area contributed by atoms with Gasteiger partial charge in [0.15, 0.2) is 5.78 Å². The molecule has 1 N–H and O–H groups in total. The van der Waals surface area contributed by atoms with Gasteiger partial charge in [0.05, 0.1) is 23.8 Å². The Labute approximate surface area is 124 Å². The van der Waals surface area contributed by atoms with Gasteiger partial charge in [-0.05, 0) is 38.5 Å². The van der Waals surface area contributed by atoms with E-state index in [1.54, 1.807) is 45.2 Å². The maximum absolute atomic E-state index is 12.8. The van der Waals surface area contributed by atoms with Crippen LogP contribution in [0.3, 0.4) is 0 Å². The molecule has 0 unspecified atom stereocenters. The molecule has 0 aliphatic rings. The van der Waals surface area contributed by atoms with Crippen molar-refractivity contribution in [2.75, 3.05) is 7.11 Å². The number of pyridine rings is 1. The predicted octanol–water partition coefficient (Wildman–Crippen LogP) is 3.26. The van der Waals surface area contributed by atoms with Crippen molar-refractivity contribution in [2.45, 2.75) is 26.2 Å². The maximum atomic E-state index is 12.8. The van der Waals surface area contributed by atoms with Crippen molar-refractivity contribution in [2.24, 2.45) is 0 Å². The standard InChI is InChI=1S/C17H19NO3/c1-11-9-10-14(21-4)18-15(11)17(2,3)16(20)12-7-5-6-8-13(12)19/h5-10,19H,1-4H3. The zero-order valence-corrected chi connectivity index (χ0v) is 12.7. The molecule has 0 atom stereocenters. The number of phenols is 1. The third kappa shape index (κ3) is 2.75. The number of aryl methyl sites for hydroxylation is 1. The highest BCUT2D eigenvalue weighted by Gasteiger charge is 2.35. The van der Waals surface area contributed by atoms with Crippen molar-refractivity contribution < 1.29 is 14.6 Å². The molecule has 0 saturated carbocycles. The summed E-state index contributed by atoms with van der Waals surface area (Å²) in [6.45, 7) is 5.51. The summed E-state index contributed by atoms with van der Waals surface area (Å²) in [4.78, 5) is 17.2. The molecule has 21 heavy (non-hydrogen) atoms. The number of phenolic OH excluding ortho intramolecular Hbond substituents is 1. The summed E-state index contributed by atoms with van der Waals surface area (Å²) in [5.74, 6) is 0.273. The minimum Gasteiger partial charge on any atom is -0.507 e. The molecule has 1 heterocycles. The van der Waals surface area contributed by atoms with E-state index in [0.717, 1.165) is 5.56 Å². The summed E-state index contributed by atoms with van der Waals surface area (Å²) < 4.78 is 5.14. The molecule has 2 aromatic rings. The molecule has 0 saturated heterocycles. The van der Waals surface area contributed by atoms with Crippen molar-refractivity contribution in [1.82, 2.24) is 4.98 Å². The quantitative estimate of drug-likeness (QED) is 0.876. The monoisotopic (exact) mass is 285 g/mol. The minimum absolute atomic E-state index is 0.0175. The Morgan fingerprint density at radius 1 is 1.19 bits per heavy atom. The summed E-state index contributed by atoms with van der Waals surface area (Å²) in [7, 11) is 1.54. The van der Waals surface area contributed by atoms with Crippen molar-refractivity contribution in [3.63, 3.8) is 0 Å². The van der Waals surface area contributed by atoms with Gasteiger partial charge in [-0.3, -0.25) is 4.79 Å². The first-order chi connectivity index (χ1) is 9.87. The van der Waals surface area contributed by atoms with Crippen LogP contribution in [-0.4, -0.2) is 23.0 Å². The number of ketones is 1. The molecule has 0 aliphatic carbocycles. The van der Waals surface area contributed by atoms with Crippen molar-refractivity contribution in [3.05, 3.63) is 53.2 Å². The van der Waals surface area contributed by atoms with Gasteiger partial charge in [0.25, 0.3) is 0 Å². The van der Waals surface area contributed by atoms with Crippen LogP contribution in [0.1, 0.15) is 35.5 Å². The van der Waals surface area contributed by atoms with Gasteiger partial charge in [-0.2, -0.15) is 0 Å². The third-order valence-electron chi connectivity index (χ3n) is 3.59. The smallest absolute Gasteiger partial charge is 0.213 e. The number of para-hydroxylation sites is 1. The number of benzene rings is 1. The summed E-state index contributed by atoms with van der Waals surface area (Å²) in [5, 5.41) is 9.90. The lowest BCUT2D eigenvalue weighted by molar-refractivity contribution is 0.0902. The van der Waals surface area contributed by atoms with Crippen LogP contribution >= 0.6 is 0 Å². The first-order valence-corrected chi connectivity index (χ1v) is 6.73. The Hall–Kier alpha value is -2.36. The molecule has 0 aliphatic heterocycles. The van der Waals surface area contributed by atoms with Crippen LogP contribution in [0.4, 0.5) is 0 Å². The zero-order valence-electron chi connectivity index (χ0n) is 12.7. The van der Waals surface area contributed by atoms with E-state index in [0.29, 0.717) is 17.1 Å². The Kier molecular flexibility index (Phi) is 3.98. The van der Waals surface area contributed by atoms with Crippen LogP contribution in [0, 0.1) is 6.92 Å². The zero-order chi connectivity index (χ0) is 15.6. The molecular formula is C17H19NO3. The topological polar surface area (TPSA) is 59.4 Å². The van der Waals surface area contributed by atoms with Crippen molar-refractivity contribution in [3.8, 4) is 11.6 Å². The number of aromatic hydroxyl groups is 1. The summed E-state index contributed by atoms with van der Waals surface area (Å²) in [5.41, 5.74) is 0.989. The number of rotatable bonds is 4. The average molecular weight is 285 g/mol. The van der Waals surface area contributed by atoms with Crippen LogP contribution < -0.4 is 4.74 Å². The highest BCUT2D eigenvalue weighted by atomic mass is 16.5. The summed E-state index contributed by atoms with van der Waals surface area (Å²) >= 11 is 0. The first kappa shape index (κ1) is 15.0. The second-order valence-electron chi connectivity index (χ2n) is 5.49. The number of carbonyl (C=O) groups excluding carboxylic acids is 1. The highest BCUT2D eigenvalue weighted by molar-refractivity contribution is 6.05. The molecule has 0 radical (unpaired) electrons. The van der Waals surface area contributed by atoms with Crippen molar-refractivity contribution in [1.29, 1.82) is 0 Å². The van der Waals surface area contributed by atoms with Crippen LogP contribution in [-0.2, 0) is 5.41 Å². The average Bonchev–Trinajstić information content (AvgIpc) is 2.47. The molecule has 4 nitrogen and oxygen atoms in total. The Bertz CT molecular complexity index is 677. The third-order valence-corrected chi connectivity index (χ3v) is 3.59. The molecule has 1 aromatic carbocycles. The van der Waals surface area contributed by atoms with E-state index >= 15 is 0 Å². The molecule has 0 amide bonds. The lowest BCUT2D eigenvalue weighted by atomic mass is 9.79. The van der Waals surface area contributed by atoms with Gasteiger partial charge >= 0.3 is 0 Å². The molecule has 110 valence electrons. The van der Waals surface area contributed by atoms with Gasteiger partial charge in [-0.15, -0.1) is 0 Å². The summed E-state index contributed by atoms with van der Waals surface area (Å²) in [6.07, 6.45) is 0. The number of hydrogen-bond donors (Lipinski definition) is 1. The maximum Gasteiger partial charge on any atom is 0.213 e. The Morgan fingerprint density at radius 2 is 1.86 bits per heavy atom. The van der Waals surface area contributed by atoms with Gasteiger partial charge in [0.1, 0.15) is 5.75 Å². The number of carbonyl (C=O) groups is 1. The number of methoxy groups -OCH3 is 1. The number of hydrogen-bond acceptors (Lipinski definition) is 4. The normalized spacial score (nSPS) is 11.2. The van der Waals surface area contributed by atoms with Crippen LogP contribution in [0.5, 0.6) is 11.6 Å². The molecule has 0 bridgehead atoms. The van der Waals surface area contributed by atoms with Crippen LogP contribution in [0.2, 0.25) is 0 Å². The molecular weight excluding hydrogens is 266 g/mol. The molecule has 0 fully saturated rings. The number of nitrogens with zero attached hydrogens (tertiary/aromatic N) is 1. The number of aromatic nitrogens is 1. The lowest BCUT2D eigenvalue weighted by Gasteiger charge is -2.25. The molecule has 4 heteroatoms. The van der Waals surface area contributed by atoms with E-state index in [1.807, 2.05) is 13.0 Å². The van der Waals surface area contributed by atoms with Crippen LogP contribution in [0.25, 0.3) is 0 Å². The van der Waals surface area contributed by atoms with Gasteiger partial charge < -0.3 is 9.84 Å². The van der Waals surface area contributed by atoms with E-state index in [4.69, 9.17) is 4.74 Å². The second-order valence-corrected chi connectivity index (χ2v) is 5.49. The van der Waals surface area contributed by atoms with E-state index in [1.165, 1.54) is 6.07 Å². The Balaban J connectivity index is 2.51. The fraction of sp³-hybridized carbons (Fsp3) is 0.294. The lowest BCUT2D eigenvalue weighted by Crippen LogP contribution is -2.31. The van der Waals surface area contributed by atoms with Crippen molar-refractivity contribution >= 4 is 5.78 Å². The van der Waals surface area contributed by atoms with E-state index < -0.39 is 5.41 Å². The predicted molar refractivity (Wildman–Crippen MR) is 81.0 cm³/mol. The molecule has 0 spiro atoms. The summed E-state index contributed by atoms with van der Waals surface area (Å²) in [6, 6.07) is 10.2. The van der Waals surface area contributed by atoms with Gasteiger partial charge in [-0.25, -0.2) is 4.98 Å². The van der Waals surface area contributed by atoms with Gasteiger partial charge in [0, 0.05) is 6.07 Å². The van der Waals surface area contributed by atoms with E-state index in [2.05, 4.69) is 4.98 Å². The fourth-order valence-corrected chi connectivity index (χ4v) is 2.37. The number of ether oxygens (including phenoxy) is 1. The van der Waals surface area contributed by atoms with E-state index in [9.17, 15) is 9.90 Å². The fourth-order valence-electron chi connectivity index (χ4n) is 2.37. The SMILES string of the molecule is COc1ccc(C)c(C(C)(C)C(=O)c2ccccc2O)n1. The molecule has 2 rings (SSSR count). The van der Waals surface area contributed by atoms with E-state index in [-0.39, 0.29) is 11.5 Å². The van der Waals surface area contributed by atoms with Crippen LogP contribution in [0.15, 0.2) is 36.4 Å². The van der Waals surface area contributed by atoms with Gasteiger partial charge in [0.2, 0.25) is 5.88 Å². The largest absolute Gasteiger partial charge is 0.507 e. The van der Waals surface area contributed by atoms with Gasteiger partial charge in [-0.1, -0.05) is 18.2 Å². The second kappa shape index (κ2) is 5.56. The first-order valence-electron chi connectivity index (χ1n) is 6.73. The highest BCUT2D eigenvalue weighted by Crippen LogP contribution is 2.32. The Morgan fingerprint density at radius 3 is 2.48 bits per heavy atom. The number of Topliss-reactive ketones (excluding diaryl/α,β-unsaturated/α-hetero) is 1.